The van der Waals surface area contributed by atoms with E-state index >= 15 is 0 Å². The van der Waals surface area contributed by atoms with E-state index in [9.17, 15) is 5.26 Å². The molecule has 0 fully saturated rings. The van der Waals surface area contributed by atoms with Gasteiger partial charge in [-0.25, -0.2) is 0 Å². The zero-order valence-corrected chi connectivity index (χ0v) is 11.1. The summed E-state index contributed by atoms with van der Waals surface area (Å²) in [5, 5.41) is 27.5. The number of allylic oxidation sites excluding steroid dienone is 1. The van der Waals surface area contributed by atoms with E-state index in [-0.39, 0.29) is 22.6 Å². The van der Waals surface area contributed by atoms with Gasteiger partial charge in [-0.05, 0) is 0 Å². The molecule has 0 bridgehead atoms. The first kappa shape index (κ1) is 14.1. The summed E-state index contributed by atoms with van der Waals surface area (Å²) in [7, 11) is 1.35. The van der Waals surface area contributed by atoms with Crippen molar-refractivity contribution >= 4 is 0 Å². The maximum absolute atomic E-state index is 9.25. The number of nitrogens with zero attached hydrogens (tertiary/aromatic N) is 3. The average molecular weight is 278 g/mol. The van der Waals surface area contributed by atoms with Gasteiger partial charge in [0.15, 0.2) is 0 Å². The highest BCUT2D eigenvalue weighted by Gasteiger charge is 2.49. The molecule has 0 aromatic heterocycles. The lowest BCUT2D eigenvalue weighted by molar-refractivity contribution is -0.167. The molecule has 1 aliphatic heterocycles. The van der Waals surface area contributed by atoms with Crippen LogP contribution in [0.25, 0.3) is 0 Å². The van der Waals surface area contributed by atoms with Crippen molar-refractivity contribution in [1.29, 1.82) is 15.8 Å². The van der Waals surface area contributed by atoms with Gasteiger partial charge in [0.1, 0.15) is 29.4 Å². The number of methoxy groups -OCH3 is 1. The molecule has 1 aromatic carbocycles. The molecule has 0 spiro atoms. The first-order valence-electron chi connectivity index (χ1n) is 5.89. The summed E-state index contributed by atoms with van der Waals surface area (Å²) in [5.41, 5.74) is 5.92. The predicted octanol–water partition coefficient (Wildman–Crippen LogP) is 1.55. The van der Waals surface area contributed by atoms with Crippen molar-refractivity contribution in [2.75, 3.05) is 7.11 Å². The zero-order chi connectivity index (χ0) is 15.5. The third-order valence-electron chi connectivity index (χ3n) is 3.11. The smallest absolute Gasteiger partial charge is 0.269 e. The van der Waals surface area contributed by atoms with Crippen molar-refractivity contribution in [3.63, 3.8) is 0 Å². The Balaban J connectivity index is 2.82. The lowest BCUT2D eigenvalue weighted by Crippen LogP contribution is -2.31. The van der Waals surface area contributed by atoms with Gasteiger partial charge >= 0.3 is 0 Å². The van der Waals surface area contributed by atoms with E-state index in [1.54, 1.807) is 42.5 Å². The van der Waals surface area contributed by atoms with Crippen LogP contribution in [0.15, 0.2) is 52.9 Å². The normalized spacial score (nSPS) is 20.2. The minimum atomic E-state index is -1.57. The number of nitriles is 3. The van der Waals surface area contributed by atoms with Gasteiger partial charge in [-0.3, -0.25) is 0 Å². The maximum atomic E-state index is 9.25. The van der Waals surface area contributed by atoms with Crippen LogP contribution >= 0.6 is 0 Å². The molecule has 6 heteroatoms. The summed E-state index contributed by atoms with van der Waals surface area (Å²) in [6.45, 7) is 0. The molecule has 0 amide bonds. The van der Waals surface area contributed by atoms with Crippen LogP contribution in [0, 0.1) is 34.0 Å². The first-order valence-corrected chi connectivity index (χ1v) is 5.89. The Labute approximate surface area is 121 Å². The van der Waals surface area contributed by atoms with Gasteiger partial charge in [-0.15, -0.1) is 0 Å². The van der Waals surface area contributed by atoms with Crippen LogP contribution in [-0.4, -0.2) is 7.11 Å². The Kier molecular flexibility index (Phi) is 3.63. The van der Waals surface area contributed by atoms with Crippen molar-refractivity contribution in [2.45, 2.75) is 5.79 Å². The van der Waals surface area contributed by atoms with Crippen molar-refractivity contribution in [1.82, 2.24) is 0 Å². The van der Waals surface area contributed by atoms with Crippen LogP contribution in [0.5, 0.6) is 0 Å². The van der Waals surface area contributed by atoms with Gasteiger partial charge in [0.2, 0.25) is 5.88 Å². The van der Waals surface area contributed by atoms with Crippen LogP contribution in [0.1, 0.15) is 5.56 Å². The highest BCUT2D eigenvalue weighted by molar-refractivity contribution is 5.61. The second-order valence-electron chi connectivity index (χ2n) is 4.11. The number of hydrogen-bond donors (Lipinski definition) is 1. The number of ether oxygens (including phenoxy) is 2. The highest BCUT2D eigenvalue weighted by Crippen LogP contribution is 2.46. The standard InChI is InChI=1S/C15H10N4O2/c1-20-15(11-5-3-2-4-6-11)13(10(7-16)8-17)12(9-18)14(19)21-15/h2-6H,19H2,1H3/t15-/m1/s1. The van der Waals surface area contributed by atoms with E-state index in [0.717, 1.165) is 0 Å². The molecule has 2 N–H and O–H groups in total. The minimum Gasteiger partial charge on any atom is -0.437 e. The van der Waals surface area contributed by atoms with Crippen LogP contribution in [-0.2, 0) is 15.3 Å². The van der Waals surface area contributed by atoms with E-state index in [1.807, 2.05) is 6.07 Å². The van der Waals surface area contributed by atoms with E-state index < -0.39 is 5.79 Å². The van der Waals surface area contributed by atoms with Crippen molar-refractivity contribution in [3.05, 3.63) is 58.5 Å². The van der Waals surface area contributed by atoms with E-state index in [2.05, 4.69) is 0 Å². The number of nitrogens with two attached hydrogens (primary N) is 1. The fourth-order valence-electron chi connectivity index (χ4n) is 2.20. The molecule has 0 unspecified atom stereocenters. The molecule has 1 heterocycles. The Bertz CT molecular complexity index is 744. The molecular weight excluding hydrogens is 268 g/mol. The fraction of sp³-hybridized carbons (Fsp3) is 0.133. The Morgan fingerprint density at radius 3 is 2.29 bits per heavy atom. The summed E-state index contributed by atoms with van der Waals surface area (Å²) in [6, 6.07) is 14.1. The number of rotatable bonds is 2. The number of benzene rings is 1. The van der Waals surface area contributed by atoms with Crippen LogP contribution in [0.4, 0.5) is 0 Å². The largest absolute Gasteiger partial charge is 0.437 e. The molecule has 1 atom stereocenters. The van der Waals surface area contributed by atoms with Gasteiger partial charge in [0, 0.05) is 12.7 Å². The molecule has 6 nitrogen and oxygen atoms in total. The lowest BCUT2D eigenvalue weighted by Gasteiger charge is -2.29. The fourth-order valence-corrected chi connectivity index (χ4v) is 2.20. The van der Waals surface area contributed by atoms with Crippen LogP contribution in [0.3, 0.4) is 0 Å². The number of hydrogen-bond acceptors (Lipinski definition) is 6. The summed E-state index contributed by atoms with van der Waals surface area (Å²) >= 11 is 0. The van der Waals surface area contributed by atoms with Crippen molar-refractivity contribution in [3.8, 4) is 18.2 Å². The third kappa shape index (κ3) is 1.99. The molecule has 21 heavy (non-hydrogen) atoms. The quantitative estimate of drug-likeness (QED) is 0.820. The first-order chi connectivity index (χ1) is 10.1. The monoisotopic (exact) mass is 278 g/mol. The summed E-state index contributed by atoms with van der Waals surface area (Å²) < 4.78 is 11.0. The van der Waals surface area contributed by atoms with Crippen LogP contribution in [0.2, 0.25) is 0 Å². The van der Waals surface area contributed by atoms with Gasteiger partial charge in [0.25, 0.3) is 5.79 Å². The summed E-state index contributed by atoms with van der Waals surface area (Å²) in [6.07, 6.45) is 0. The van der Waals surface area contributed by atoms with E-state index in [0.29, 0.717) is 5.56 Å². The maximum Gasteiger partial charge on any atom is 0.269 e. The molecule has 1 aliphatic rings. The van der Waals surface area contributed by atoms with Gasteiger partial charge < -0.3 is 15.2 Å². The molecular formula is C15H10N4O2. The van der Waals surface area contributed by atoms with E-state index in [4.69, 9.17) is 25.7 Å². The van der Waals surface area contributed by atoms with Crippen LogP contribution < -0.4 is 5.73 Å². The topological polar surface area (TPSA) is 116 Å². The van der Waals surface area contributed by atoms with Gasteiger partial charge in [-0.2, -0.15) is 15.8 Å². The SMILES string of the molecule is CO[C@]1(c2ccccc2)OC(N)=C(C#N)C1=C(C#N)C#N. The highest BCUT2D eigenvalue weighted by atomic mass is 16.7. The average Bonchev–Trinajstić information content (AvgIpc) is 2.83. The van der Waals surface area contributed by atoms with Gasteiger partial charge in [0.05, 0.1) is 5.57 Å². The molecule has 2 rings (SSSR count). The lowest BCUT2D eigenvalue weighted by atomic mass is 9.90. The van der Waals surface area contributed by atoms with E-state index in [1.165, 1.54) is 7.11 Å². The van der Waals surface area contributed by atoms with Crippen molar-refractivity contribution in [2.24, 2.45) is 5.73 Å². The molecule has 1 aromatic rings. The molecule has 0 aliphatic carbocycles. The predicted molar refractivity (Wildman–Crippen MR) is 71.3 cm³/mol. The molecule has 102 valence electrons. The minimum absolute atomic E-state index is 0.0289. The van der Waals surface area contributed by atoms with Crippen molar-refractivity contribution < 1.29 is 9.47 Å². The second kappa shape index (κ2) is 5.38. The zero-order valence-electron chi connectivity index (χ0n) is 11.1. The third-order valence-corrected chi connectivity index (χ3v) is 3.11. The van der Waals surface area contributed by atoms with Gasteiger partial charge in [-0.1, -0.05) is 30.3 Å². The molecule has 0 saturated carbocycles. The Hall–Kier alpha value is -3.27. The molecule has 0 saturated heterocycles. The Morgan fingerprint density at radius 2 is 1.81 bits per heavy atom. The second-order valence-corrected chi connectivity index (χ2v) is 4.11. The summed E-state index contributed by atoms with van der Waals surface area (Å²) in [5.74, 6) is -1.75. The summed E-state index contributed by atoms with van der Waals surface area (Å²) in [4.78, 5) is 0. The Morgan fingerprint density at radius 1 is 1.19 bits per heavy atom. The molecule has 0 radical (unpaired) electrons.